The molecule has 8 nitrogen and oxygen atoms in total. The molecule has 162 valence electrons. The van der Waals surface area contributed by atoms with Crippen molar-refractivity contribution in [1.29, 1.82) is 0 Å². The molecule has 0 unspecified atom stereocenters. The average molecular weight is 456 g/mol. The van der Waals surface area contributed by atoms with Crippen LogP contribution >= 0.6 is 0 Å². The summed E-state index contributed by atoms with van der Waals surface area (Å²) in [5.41, 5.74) is 1.42. The molecule has 2 aromatic carbocycles. The van der Waals surface area contributed by atoms with Crippen LogP contribution in [0.2, 0.25) is 0 Å². The lowest BCUT2D eigenvalue weighted by Gasteiger charge is -2.25. The van der Waals surface area contributed by atoms with Crippen molar-refractivity contribution in [3.8, 4) is 0 Å². The third-order valence-electron chi connectivity index (χ3n) is 4.82. The Morgan fingerprint density at radius 3 is 2.27 bits per heavy atom. The van der Waals surface area contributed by atoms with Crippen LogP contribution in [0.1, 0.15) is 5.56 Å². The molecule has 0 saturated heterocycles. The zero-order valence-corrected chi connectivity index (χ0v) is 18.4. The molecule has 0 aliphatic carbocycles. The molecule has 0 N–H and O–H groups in total. The van der Waals surface area contributed by atoms with E-state index in [1.165, 1.54) is 43.3 Å². The first kappa shape index (κ1) is 22.2. The van der Waals surface area contributed by atoms with Crippen LogP contribution in [-0.2, 0) is 31.3 Å². The van der Waals surface area contributed by atoms with Crippen molar-refractivity contribution < 1.29 is 26.0 Å². The molecular weight excluding hydrogens is 433 g/mol. The number of amides is 1. The van der Waals surface area contributed by atoms with Crippen LogP contribution < -0.4 is 9.21 Å². The third kappa shape index (κ3) is 4.32. The molecule has 0 spiro atoms. The van der Waals surface area contributed by atoms with Gasteiger partial charge in [0.25, 0.3) is 0 Å². The lowest BCUT2D eigenvalue weighted by atomic mass is 10.2. The van der Waals surface area contributed by atoms with Crippen molar-refractivity contribution in [2.24, 2.45) is 0 Å². The summed E-state index contributed by atoms with van der Waals surface area (Å²) in [4.78, 5) is 14.5. The summed E-state index contributed by atoms with van der Waals surface area (Å²) in [6.45, 7) is -0.150. The van der Waals surface area contributed by atoms with E-state index in [1.54, 1.807) is 6.07 Å². The van der Waals surface area contributed by atoms with E-state index in [0.29, 0.717) is 24.2 Å². The van der Waals surface area contributed by atoms with Gasteiger partial charge in [0.2, 0.25) is 26.0 Å². The molecule has 1 heterocycles. The summed E-state index contributed by atoms with van der Waals surface area (Å²) >= 11 is 0. The Balaban J connectivity index is 1.88. The first-order valence-corrected chi connectivity index (χ1v) is 12.3. The number of halogens is 1. The van der Waals surface area contributed by atoms with E-state index in [2.05, 4.69) is 0 Å². The molecule has 3 rings (SSSR count). The van der Waals surface area contributed by atoms with Gasteiger partial charge in [-0.3, -0.25) is 9.10 Å². The van der Waals surface area contributed by atoms with Crippen molar-refractivity contribution in [2.75, 3.05) is 42.6 Å². The zero-order valence-electron chi connectivity index (χ0n) is 16.7. The Bertz CT molecular complexity index is 1180. The van der Waals surface area contributed by atoms with Crippen LogP contribution in [0.4, 0.5) is 15.8 Å². The van der Waals surface area contributed by atoms with Gasteiger partial charge in [-0.2, -0.15) is 0 Å². The first-order chi connectivity index (χ1) is 13.9. The number of carbonyl (C=O) groups excluding carboxylic acids is 1. The third-order valence-corrected chi connectivity index (χ3v) is 7.77. The molecule has 1 amide bonds. The second-order valence-electron chi connectivity index (χ2n) is 7.12. The smallest absolute Gasteiger partial charge is 0.247 e. The molecule has 11 heteroatoms. The fourth-order valence-corrected chi connectivity index (χ4v) is 5.03. The Morgan fingerprint density at radius 2 is 1.70 bits per heavy atom. The molecule has 0 fully saturated rings. The topological polar surface area (TPSA) is 95.1 Å². The molecule has 0 saturated carbocycles. The van der Waals surface area contributed by atoms with E-state index in [0.717, 1.165) is 27.0 Å². The quantitative estimate of drug-likeness (QED) is 0.657. The maximum Gasteiger partial charge on any atom is 0.247 e. The summed E-state index contributed by atoms with van der Waals surface area (Å²) in [5.74, 6) is -0.984. The maximum absolute atomic E-state index is 13.2. The summed E-state index contributed by atoms with van der Waals surface area (Å²) in [6.07, 6.45) is 1.42. The molecular formula is C19H22FN3O5S2. The summed E-state index contributed by atoms with van der Waals surface area (Å²) in [7, 11) is -4.52. The highest BCUT2D eigenvalue weighted by atomic mass is 32.2. The minimum absolute atomic E-state index is 0.129. The van der Waals surface area contributed by atoms with Gasteiger partial charge in [0.05, 0.1) is 16.8 Å². The number of nitrogens with zero attached hydrogens (tertiary/aromatic N) is 3. The minimum Gasteiger partial charge on any atom is -0.310 e. The average Bonchev–Trinajstić information content (AvgIpc) is 3.09. The van der Waals surface area contributed by atoms with Gasteiger partial charge in [-0.15, -0.1) is 0 Å². The van der Waals surface area contributed by atoms with E-state index in [4.69, 9.17) is 0 Å². The number of fused-ring (bicyclic) bond motifs is 1. The lowest BCUT2D eigenvalue weighted by molar-refractivity contribution is -0.117. The summed E-state index contributed by atoms with van der Waals surface area (Å²) in [6, 6.07) is 9.34. The second-order valence-corrected chi connectivity index (χ2v) is 11.2. The van der Waals surface area contributed by atoms with Gasteiger partial charge >= 0.3 is 0 Å². The fraction of sp³-hybridized carbons (Fsp3) is 0.316. The number of rotatable bonds is 6. The van der Waals surface area contributed by atoms with Gasteiger partial charge in [0.15, 0.2) is 0 Å². The van der Waals surface area contributed by atoms with Crippen molar-refractivity contribution in [2.45, 2.75) is 11.3 Å². The number of hydrogen-bond acceptors (Lipinski definition) is 5. The fourth-order valence-electron chi connectivity index (χ4n) is 3.22. The second kappa shape index (κ2) is 7.97. The highest BCUT2D eigenvalue weighted by Gasteiger charge is 2.30. The molecule has 0 aromatic heterocycles. The maximum atomic E-state index is 13.2. The normalized spacial score (nSPS) is 14.1. The summed E-state index contributed by atoms with van der Waals surface area (Å²) < 4.78 is 64.3. The van der Waals surface area contributed by atoms with Gasteiger partial charge < -0.3 is 4.90 Å². The van der Waals surface area contributed by atoms with E-state index in [-0.39, 0.29) is 10.6 Å². The van der Waals surface area contributed by atoms with E-state index < -0.39 is 38.3 Å². The highest BCUT2D eigenvalue weighted by molar-refractivity contribution is 7.92. The SMILES string of the molecule is CN(C)S(=O)(=O)c1ccc2c(c1)CCN2C(=O)CN(c1ccc(F)cc1)S(C)(=O)=O. The Hall–Kier alpha value is -2.50. The number of hydrogen-bond donors (Lipinski definition) is 0. The van der Waals surface area contributed by atoms with Crippen LogP contribution in [0.15, 0.2) is 47.4 Å². The minimum atomic E-state index is -3.79. The molecule has 0 radical (unpaired) electrons. The molecule has 30 heavy (non-hydrogen) atoms. The van der Waals surface area contributed by atoms with E-state index >= 15 is 0 Å². The lowest BCUT2D eigenvalue weighted by Crippen LogP contribution is -2.42. The molecule has 0 bridgehead atoms. The summed E-state index contributed by atoms with van der Waals surface area (Å²) in [5, 5.41) is 0. The van der Waals surface area contributed by atoms with Gasteiger partial charge in [0, 0.05) is 26.3 Å². The van der Waals surface area contributed by atoms with Crippen LogP contribution in [0.3, 0.4) is 0 Å². The van der Waals surface area contributed by atoms with Crippen molar-refractivity contribution in [3.63, 3.8) is 0 Å². The van der Waals surface area contributed by atoms with E-state index in [9.17, 15) is 26.0 Å². The Kier molecular flexibility index (Phi) is 5.89. The van der Waals surface area contributed by atoms with Crippen LogP contribution in [0, 0.1) is 5.82 Å². The van der Waals surface area contributed by atoms with Gasteiger partial charge in [-0.25, -0.2) is 25.5 Å². The van der Waals surface area contributed by atoms with Gasteiger partial charge in [-0.1, -0.05) is 0 Å². The Labute approximate surface area is 175 Å². The molecule has 1 aliphatic heterocycles. The largest absolute Gasteiger partial charge is 0.310 e. The number of carbonyl (C=O) groups is 1. The number of benzene rings is 2. The Morgan fingerprint density at radius 1 is 1.07 bits per heavy atom. The molecule has 2 aromatic rings. The van der Waals surface area contributed by atoms with Crippen LogP contribution in [-0.4, -0.2) is 60.5 Å². The predicted octanol–water partition coefficient (Wildman–Crippen LogP) is 1.43. The first-order valence-electron chi connectivity index (χ1n) is 9.00. The van der Waals surface area contributed by atoms with Gasteiger partial charge in [0.1, 0.15) is 12.4 Å². The van der Waals surface area contributed by atoms with Crippen LogP contribution in [0.5, 0.6) is 0 Å². The van der Waals surface area contributed by atoms with E-state index in [1.807, 2.05) is 0 Å². The molecule has 1 aliphatic rings. The number of sulfonamides is 2. The number of anilines is 2. The molecule has 0 atom stereocenters. The standard InChI is InChI=1S/C19H22FN3O5S2/c1-21(2)30(27,28)17-8-9-18-14(12-17)10-11-22(18)19(24)13-23(29(3,25)26)16-6-4-15(20)5-7-16/h4-9,12H,10-11,13H2,1-3H3. The van der Waals surface area contributed by atoms with Crippen molar-refractivity contribution in [3.05, 3.63) is 53.8 Å². The highest BCUT2D eigenvalue weighted by Crippen LogP contribution is 2.31. The van der Waals surface area contributed by atoms with Crippen LogP contribution in [0.25, 0.3) is 0 Å². The van der Waals surface area contributed by atoms with Crippen molar-refractivity contribution in [1.82, 2.24) is 4.31 Å². The van der Waals surface area contributed by atoms with Gasteiger partial charge in [-0.05, 0) is 54.4 Å². The zero-order chi connectivity index (χ0) is 22.3. The predicted molar refractivity (Wildman–Crippen MR) is 112 cm³/mol. The van der Waals surface area contributed by atoms with Crippen molar-refractivity contribution >= 4 is 37.3 Å². The monoisotopic (exact) mass is 455 g/mol.